The van der Waals surface area contributed by atoms with Gasteiger partial charge in [-0.05, 0) is 30.4 Å². The summed E-state index contributed by atoms with van der Waals surface area (Å²) < 4.78 is 0. The van der Waals surface area contributed by atoms with E-state index in [0.717, 1.165) is 22.5 Å². The van der Waals surface area contributed by atoms with Crippen LogP contribution in [0.5, 0.6) is 0 Å². The van der Waals surface area contributed by atoms with Gasteiger partial charge in [0.05, 0.1) is 0 Å². The van der Waals surface area contributed by atoms with Gasteiger partial charge in [-0.25, -0.2) is 5.84 Å². The average molecular weight is 278 g/mol. The molecule has 0 aromatic heterocycles. The highest BCUT2D eigenvalue weighted by Crippen LogP contribution is 2.33. The van der Waals surface area contributed by atoms with Crippen LogP contribution in [-0.2, 0) is 5.75 Å². The maximum atomic E-state index is 11.7. The summed E-state index contributed by atoms with van der Waals surface area (Å²) in [5.41, 5.74) is 3.99. The third kappa shape index (κ3) is 3.98. The Balaban J connectivity index is 1.97. The van der Waals surface area contributed by atoms with E-state index >= 15 is 0 Å². The Labute approximate surface area is 119 Å². The molecule has 19 heavy (non-hydrogen) atoms. The summed E-state index contributed by atoms with van der Waals surface area (Å²) in [6.45, 7) is 2.34. The molecule has 2 rings (SSSR count). The quantitative estimate of drug-likeness (QED) is 0.505. The minimum absolute atomic E-state index is 0.201. The molecule has 0 radical (unpaired) electrons. The van der Waals surface area contributed by atoms with E-state index in [9.17, 15) is 4.79 Å². The standard InChI is InChI=1S/C15H22N2OS/c1-11-5-4-7-13(9-11)19-10-12-6-2-3-8-14(12)15(18)17-16/h2-3,6,8,11,13H,4-5,7,9-10,16H2,1H3,(H,17,18). The van der Waals surface area contributed by atoms with Crippen LogP contribution in [0.4, 0.5) is 0 Å². The molecule has 0 bridgehead atoms. The molecule has 2 unspecified atom stereocenters. The Kier molecular flexibility index (Phi) is 5.28. The van der Waals surface area contributed by atoms with Crippen LogP contribution >= 0.6 is 11.8 Å². The van der Waals surface area contributed by atoms with E-state index in [1.807, 2.05) is 36.0 Å². The smallest absolute Gasteiger partial charge is 0.265 e. The first-order chi connectivity index (χ1) is 9.20. The lowest BCUT2D eigenvalue weighted by molar-refractivity contribution is 0.0953. The van der Waals surface area contributed by atoms with Gasteiger partial charge in [-0.15, -0.1) is 0 Å². The second-order valence-electron chi connectivity index (χ2n) is 5.34. The molecule has 1 aromatic carbocycles. The number of nitrogen functional groups attached to an aromatic ring is 1. The molecule has 1 aliphatic rings. The van der Waals surface area contributed by atoms with Crippen LogP contribution in [0, 0.1) is 5.92 Å². The second kappa shape index (κ2) is 6.96. The van der Waals surface area contributed by atoms with Crippen molar-refractivity contribution in [2.24, 2.45) is 11.8 Å². The van der Waals surface area contributed by atoms with Crippen molar-refractivity contribution in [3.8, 4) is 0 Å². The fourth-order valence-corrected chi connectivity index (χ4v) is 4.15. The number of benzene rings is 1. The Morgan fingerprint density at radius 1 is 1.42 bits per heavy atom. The molecule has 1 saturated carbocycles. The van der Waals surface area contributed by atoms with Gasteiger partial charge in [0.2, 0.25) is 0 Å². The van der Waals surface area contributed by atoms with Gasteiger partial charge in [0.15, 0.2) is 0 Å². The highest BCUT2D eigenvalue weighted by atomic mass is 32.2. The highest BCUT2D eigenvalue weighted by Gasteiger charge is 2.19. The van der Waals surface area contributed by atoms with Crippen LogP contribution < -0.4 is 11.3 Å². The fraction of sp³-hybridized carbons (Fsp3) is 0.533. The molecule has 3 N–H and O–H groups in total. The topological polar surface area (TPSA) is 55.1 Å². The lowest BCUT2D eigenvalue weighted by Crippen LogP contribution is -2.30. The van der Waals surface area contributed by atoms with Crippen LogP contribution in [0.25, 0.3) is 0 Å². The molecule has 3 nitrogen and oxygen atoms in total. The molecule has 104 valence electrons. The van der Waals surface area contributed by atoms with Crippen molar-refractivity contribution in [2.75, 3.05) is 0 Å². The number of hydrazine groups is 1. The summed E-state index contributed by atoms with van der Waals surface area (Å²) in [6.07, 6.45) is 5.31. The highest BCUT2D eigenvalue weighted by molar-refractivity contribution is 7.99. The summed E-state index contributed by atoms with van der Waals surface area (Å²) in [5.74, 6) is 6.75. The molecule has 0 spiro atoms. The van der Waals surface area contributed by atoms with Gasteiger partial charge in [0.25, 0.3) is 5.91 Å². The summed E-state index contributed by atoms with van der Waals surface area (Å²) in [6, 6.07) is 7.71. The van der Waals surface area contributed by atoms with Gasteiger partial charge in [-0.3, -0.25) is 10.2 Å². The molecule has 0 saturated heterocycles. The van der Waals surface area contributed by atoms with Crippen LogP contribution in [0.1, 0.15) is 48.5 Å². The van der Waals surface area contributed by atoms with Crippen molar-refractivity contribution in [2.45, 2.75) is 43.6 Å². The zero-order valence-corrected chi connectivity index (χ0v) is 12.2. The SMILES string of the molecule is CC1CCCC(SCc2ccccc2C(=O)NN)C1. The Morgan fingerprint density at radius 2 is 2.21 bits per heavy atom. The summed E-state index contributed by atoms with van der Waals surface area (Å²) in [5, 5.41) is 0.734. The number of hydrogen-bond acceptors (Lipinski definition) is 3. The van der Waals surface area contributed by atoms with E-state index in [1.165, 1.54) is 25.7 Å². The summed E-state index contributed by atoms with van der Waals surface area (Å²) in [4.78, 5) is 11.7. The average Bonchev–Trinajstić information content (AvgIpc) is 2.45. The monoisotopic (exact) mass is 278 g/mol. The zero-order valence-electron chi connectivity index (χ0n) is 11.4. The predicted octanol–water partition coefficient (Wildman–Crippen LogP) is 3.10. The lowest BCUT2D eigenvalue weighted by Gasteiger charge is -2.26. The van der Waals surface area contributed by atoms with Gasteiger partial charge in [-0.2, -0.15) is 11.8 Å². The van der Waals surface area contributed by atoms with E-state index < -0.39 is 0 Å². The fourth-order valence-electron chi connectivity index (χ4n) is 2.68. The zero-order chi connectivity index (χ0) is 13.7. The number of rotatable bonds is 4. The van der Waals surface area contributed by atoms with Crippen molar-refractivity contribution >= 4 is 17.7 Å². The molecular formula is C15H22N2OS. The third-order valence-electron chi connectivity index (χ3n) is 3.76. The number of nitrogens with two attached hydrogens (primary N) is 1. The van der Waals surface area contributed by atoms with Gasteiger partial charge in [0.1, 0.15) is 0 Å². The first-order valence-electron chi connectivity index (χ1n) is 6.91. The van der Waals surface area contributed by atoms with E-state index in [1.54, 1.807) is 0 Å². The van der Waals surface area contributed by atoms with Crippen LogP contribution in [0.3, 0.4) is 0 Å². The van der Waals surface area contributed by atoms with E-state index in [4.69, 9.17) is 5.84 Å². The number of carbonyl (C=O) groups excluding carboxylic acids is 1. The minimum atomic E-state index is -0.201. The summed E-state index contributed by atoms with van der Waals surface area (Å²) >= 11 is 1.98. The summed E-state index contributed by atoms with van der Waals surface area (Å²) in [7, 11) is 0. The van der Waals surface area contributed by atoms with E-state index in [-0.39, 0.29) is 5.91 Å². The molecule has 1 amide bonds. The van der Waals surface area contributed by atoms with Crippen LogP contribution in [0.15, 0.2) is 24.3 Å². The molecule has 0 heterocycles. The maximum Gasteiger partial charge on any atom is 0.265 e. The predicted molar refractivity (Wildman–Crippen MR) is 80.8 cm³/mol. The van der Waals surface area contributed by atoms with Crippen molar-refractivity contribution in [1.29, 1.82) is 0 Å². The van der Waals surface area contributed by atoms with Crippen molar-refractivity contribution in [3.05, 3.63) is 35.4 Å². The number of amides is 1. The number of hydrogen-bond donors (Lipinski definition) is 2. The Morgan fingerprint density at radius 3 is 2.95 bits per heavy atom. The largest absolute Gasteiger partial charge is 0.290 e. The van der Waals surface area contributed by atoms with E-state index in [2.05, 4.69) is 12.3 Å². The Bertz CT molecular complexity index is 436. The van der Waals surface area contributed by atoms with Gasteiger partial charge >= 0.3 is 0 Å². The molecular weight excluding hydrogens is 256 g/mol. The number of thioether (sulfide) groups is 1. The first-order valence-corrected chi connectivity index (χ1v) is 7.96. The lowest BCUT2D eigenvalue weighted by atomic mass is 9.91. The van der Waals surface area contributed by atoms with Crippen LogP contribution in [-0.4, -0.2) is 11.2 Å². The van der Waals surface area contributed by atoms with E-state index in [0.29, 0.717) is 5.56 Å². The van der Waals surface area contributed by atoms with Gasteiger partial charge in [0, 0.05) is 16.6 Å². The van der Waals surface area contributed by atoms with Gasteiger partial charge in [-0.1, -0.05) is 38.0 Å². The normalized spacial score (nSPS) is 23.1. The molecule has 1 aliphatic carbocycles. The van der Waals surface area contributed by atoms with Gasteiger partial charge < -0.3 is 0 Å². The van der Waals surface area contributed by atoms with Crippen molar-refractivity contribution in [3.63, 3.8) is 0 Å². The third-order valence-corrected chi connectivity index (χ3v) is 5.13. The molecule has 1 fully saturated rings. The molecule has 0 aliphatic heterocycles. The Hall–Kier alpha value is -1.00. The van der Waals surface area contributed by atoms with Crippen LogP contribution in [0.2, 0.25) is 0 Å². The van der Waals surface area contributed by atoms with Crippen molar-refractivity contribution in [1.82, 2.24) is 5.43 Å². The molecule has 1 aromatic rings. The van der Waals surface area contributed by atoms with Crippen molar-refractivity contribution < 1.29 is 4.79 Å². The molecule has 4 heteroatoms. The number of nitrogens with one attached hydrogen (secondary N) is 1. The minimum Gasteiger partial charge on any atom is -0.290 e. The first kappa shape index (κ1) is 14.4. The number of carbonyl (C=O) groups is 1. The maximum absolute atomic E-state index is 11.7. The molecule has 2 atom stereocenters. The second-order valence-corrected chi connectivity index (χ2v) is 6.62.